The van der Waals surface area contributed by atoms with Gasteiger partial charge in [0, 0.05) is 18.2 Å². The second-order valence-electron chi connectivity index (χ2n) is 5.45. The summed E-state index contributed by atoms with van der Waals surface area (Å²) in [4.78, 5) is 13.9. The van der Waals surface area contributed by atoms with Crippen LogP contribution in [0.3, 0.4) is 0 Å². The maximum Gasteiger partial charge on any atom is 0.290 e. The highest BCUT2D eigenvalue weighted by Gasteiger charge is 2.37. The Morgan fingerprint density at radius 3 is 2.53 bits per heavy atom. The molecule has 1 aliphatic rings. The van der Waals surface area contributed by atoms with Crippen molar-refractivity contribution in [1.29, 1.82) is 0 Å². The van der Waals surface area contributed by atoms with Crippen molar-refractivity contribution in [3.63, 3.8) is 0 Å². The number of amides is 1. The highest BCUT2D eigenvalue weighted by molar-refractivity contribution is 7.89. The zero-order valence-corrected chi connectivity index (χ0v) is 12.1. The number of sulfonamides is 1. The van der Waals surface area contributed by atoms with Crippen molar-refractivity contribution in [3.8, 4) is 0 Å². The van der Waals surface area contributed by atoms with Gasteiger partial charge in [0.1, 0.15) is 10.7 Å². The van der Waals surface area contributed by atoms with E-state index in [0.717, 1.165) is 12.8 Å². The van der Waals surface area contributed by atoms with Gasteiger partial charge in [-0.15, -0.1) is 0 Å². The van der Waals surface area contributed by atoms with Gasteiger partial charge in [0.2, 0.25) is 10.0 Å². The Labute approximate surface area is 112 Å². The van der Waals surface area contributed by atoms with E-state index < -0.39 is 10.0 Å². The van der Waals surface area contributed by atoms with Crippen LogP contribution in [0.1, 0.15) is 43.0 Å². The van der Waals surface area contributed by atoms with E-state index in [1.807, 2.05) is 13.8 Å². The molecule has 2 heterocycles. The maximum atomic E-state index is 12.4. The monoisotopic (exact) mass is 286 g/mol. The minimum Gasteiger partial charge on any atom is -0.455 e. The Hall–Kier alpha value is -1.34. The van der Waals surface area contributed by atoms with Gasteiger partial charge in [0.25, 0.3) is 5.91 Å². The van der Waals surface area contributed by atoms with Crippen LogP contribution in [0.5, 0.6) is 0 Å². The molecule has 1 fully saturated rings. The zero-order chi connectivity index (χ0) is 14.4. The van der Waals surface area contributed by atoms with Gasteiger partial charge in [0.05, 0.1) is 0 Å². The fraction of sp³-hybridized carbons (Fsp3) is 0.583. The van der Waals surface area contributed by atoms with Crippen molar-refractivity contribution < 1.29 is 17.6 Å². The van der Waals surface area contributed by atoms with Crippen molar-refractivity contribution in [2.24, 2.45) is 5.14 Å². The number of furan rings is 1. The van der Waals surface area contributed by atoms with Gasteiger partial charge in [-0.25, -0.2) is 13.6 Å². The molecule has 1 saturated heterocycles. The molecule has 1 aromatic heterocycles. The number of carbonyl (C=O) groups excluding carboxylic acids is 1. The normalized spacial score (nSPS) is 18.8. The SMILES string of the molecule is Cc1oc(C(=O)N2CCCC2(C)C)cc1S(N)(=O)=O. The van der Waals surface area contributed by atoms with Crippen LogP contribution in [0.15, 0.2) is 15.4 Å². The van der Waals surface area contributed by atoms with Crippen molar-refractivity contribution >= 4 is 15.9 Å². The lowest BCUT2D eigenvalue weighted by atomic mass is 10.0. The standard InChI is InChI=1S/C12H18N2O4S/c1-8-10(19(13,16)17)7-9(18-8)11(15)14-6-4-5-12(14,2)3/h7H,4-6H2,1-3H3,(H2,13,16,17). The molecular weight excluding hydrogens is 268 g/mol. The highest BCUT2D eigenvalue weighted by atomic mass is 32.2. The molecule has 2 N–H and O–H groups in total. The van der Waals surface area contributed by atoms with E-state index in [9.17, 15) is 13.2 Å². The summed E-state index contributed by atoms with van der Waals surface area (Å²) in [7, 11) is -3.86. The van der Waals surface area contributed by atoms with Crippen LogP contribution in [-0.2, 0) is 10.0 Å². The Morgan fingerprint density at radius 1 is 1.47 bits per heavy atom. The molecular formula is C12H18N2O4S. The second-order valence-corrected chi connectivity index (χ2v) is 6.98. The first kappa shape index (κ1) is 14.1. The summed E-state index contributed by atoms with van der Waals surface area (Å²) in [6.45, 7) is 6.09. The minimum atomic E-state index is -3.86. The summed E-state index contributed by atoms with van der Waals surface area (Å²) in [6.07, 6.45) is 1.85. The molecule has 1 aliphatic heterocycles. The average Bonchev–Trinajstić information content (AvgIpc) is 2.79. The molecule has 0 saturated carbocycles. The first-order valence-corrected chi connectivity index (χ1v) is 7.63. The van der Waals surface area contributed by atoms with E-state index in [4.69, 9.17) is 9.56 Å². The number of rotatable bonds is 2. The predicted molar refractivity (Wildman–Crippen MR) is 69.2 cm³/mol. The van der Waals surface area contributed by atoms with Gasteiger partial charge in [-0.05, 0) is 33.6 Å². The lowest BCUT2D eigenvalue weighted by Crippen LogP contribution is -2.42. The van der Waals surface area contributed by atoms with Gasteiger partial charge in [-0.1, -0.05) is 0 Å². The molecule has 0 aliphatic carbocycles. The fourth-order valence-electron chi connectivity index (χ4n) is 2.47. The number of nitrogens with two attached hydrogens (primary N) is 1. The van der Waals surface area contributed by atoms with E-state index in [0.29, 0.717) is 6.54 Å². The van der Waals surface area contributed by atoms with Crippen LogP contribution >= 0.6 is 0 Å². The quantitative estimate of drug-likeness (QED) is 0.885. The summed E-state index contributed by atoms with van der Waals surface area (Å²) < 4.78 is 27.9. The first-order valence-electron chi connectivity index (χ1n) is 6.08. The third-order valence-electron chi connectivity index (χ3n) is 3.54. The summed E-state index contributed by atoms with van der Waals surface area (Å²) in [5.74, 6) is -0.125. The highest BCUT2D eigenvalue weighted by Crippen LogP contribution is 2.31. The summed E-state index contributed by atoms with van der Waals surface area (Å²) in [5.41, 5.74) is -0.237. The number of primary sulfonamides is 1. The Kier molecular flexibility index (Phi) is 3.22. The van der Waals surface area contributed by atoms with Crippen molar-refractivity contribution in [2.45, 2.75) is 44.0 Å². The van der Waals surface area contributed by atoms with Crippen molar-refractivity contribution in [1.82, 2.24) is 4.90 Å². The molecule has 0 unspecified atom stereocenters. The molecule has 6 nitrogen and oxygen atoms in total. The number of carbonyl (C=O) groups is 1. The van der Waals surface area contributed by atoms with Crippen LogP contribution in [0, 0.1) is 6.92 Å². The lowest BCUT2D eigenvalue weighted by Gasteiger charge is -2.30. The molecule has 2 rings (SSSR count). The molecule has 19 heavy (non-hydrogen) atoms. The Morgan fingerprint density at radius 2 is 2.11 bits per heavy atom. The van der Waals surface area contributed by atoms with E-state index in [1.54, 1.807) is 4.90 Å². The number of nitrogens with zero attached hydrogens (tertiary/aromatic N) is 1. The number of likely N-dealkylation sites (tertiary alicyclic amines) is 1. The third-order valence-corrected chi connectivity index (χ3v) is 4.55. The summed E-state index contributed by atoms with van der Waals surface area (Å²) in [5, 5.41) is 5.07. The summed E-state index contributed by atoms with van der Waals surface area (Å²) >= 11 is 0. The van der Waals surface area contributed by atoms with E-state index in [-0.39, 0.29) is 27.9 Å². The molecule has 0 bridgehead atoms. The van der Waals surface area contributed by atoms with Gasteiger partial charge in [0.15, 0.2) is 5.76 Å². The van der Waals surface area contributed by atoms with Crippen LogP contribution in [-0.4, -0.2) is 31.3 Å². The smallest absolute Gasteiger partial charge is 0.290 e. The van der Waals surface area contributed by atoms with Crippen LogP contribution in [0.4, 0.5) is 0 Å². The molecule has 106 valence electrons. The fourth-order valence-corrected chi connectivity index (χ4v) is 3.18. The molecule has 0 aromatic carbocycles. The average molecular weight is 286 g/mol. The molecule has 7 heteroatoms. The van der Waals surface area contributed by atoms with Crippen LogP contribution < -0.4 is 5.14 Å². The van der Waals surface area contributed by atoms with Gasteiger partial charge < -0.3 is 9.32 Å². The van der Waals surface area contributed by atoms with E-state index in [2.05, 4.69) is 0 Å². The molecule has 0 radical (unpaired) electrons. The van der Waals surface area contributed by atoms with Crippen molar-refractivity contribution in [3.05, 3.63) is 17.6 Å². The number of hydrogen-bond acceptors (Lipinski definition) is 4. The summed E-state index contributed by atoms with van der Waals surface area (Å²) in [6, 6.07) is 1.21. The topological polar surface area (TPSA) is 93.6 Å². The molecule has 1 aromatic rings. The van der Waals surface area contributed by atoms with Gasteiger partial charge >= 0.3 is 0 Å². The zero-order valence-electron chi connectivity index (χ0n) is 11.3. The van der Waals surface area contributed by atoms with Gasteiger partial charge in [-0.3, -0.25) is 4.79 Å². The van der Waals surface area contributed by atoms with E-state index >= 15 is 0 Å². The van der Waals surface area contributed by atoms with Crippen LogP contribution in [0.25, 0.3) is 0 Å². The largest absolute Gasteiger partial charge is 0.455 e. The van der Waals surface area contributed by atoms with Crippen LogP contribution in [0.2, 0.25) is 0 Å². The molecule has 1 amide bonds. The second kappa shape index (κ2) is 4.35. The molecule has 0 atom stereocenters. The lowest BCUT2D eigenvalue weighted by molar-refractivity contribution is 0.0617. The molecule has 0 spiro atoms. The Bertz CT molecular complexity index is 616. The predicted octanol–water partition coefficient (Wildman–Crippen LogP) is 1.25. The maximum absolute atomic E-state index is 12.4. The van der Waals surface area contributed by atoms with Gasteiger partial charge in [-0.2, -0.15) is 0 Å². The van der Waals surface area contributed by atoms with Crippen molar-refractivity contribution in [2.75, 3.05) is 6.54 Å². The first-order chi connectivity index (χ1) is 8.63. The van der Waals surface area contributed by atoms with E-state index in [1.165, 1.54) is 13.0 Å². The third kappa shape index (κ3) is 2.52. The Balaban J connectivity index is 2.36. The number of hydrogen-bond donors (Lipinski definition) is 1. The minimum absolute atomic E-state index is 0.0245. The number of aryl methyl sites for hydroxylation is 1.